The van der Waals surface area contributed by atoms with Gasteiger partial charge in [0.05, 0.1) is 19.3 Å². The summed E-state index contributed by atoms with van der Waals surface area (Å²) >= 11 is 0. The minimum absolute atomic E-state index is 0.126. The third-order valence-electron chi connectivity index (χ3n) is 4.64. The zero-order chi connectivity index (χ0) is 18.1. The van der Waals surface area contributed by atoms with Gasteiger partial charge in [0.25, 0.3) is 5.91 Å². The average Bonchev–Trinajstić information content (AvgIpc) is 2.90. The summed E-state index contributed by atoms with van der Waals surface area (Å²) in [5.41, 5.74) is 3.67. The smallest absolute Gasteiger partial charge is 0.268 e. The van der Waals surface area contributed by atoms with E-state index in [0.717, 1.165) is 39.9 Å². The van der Waals surface area contributed by atoms with Gasteiger partial charge in [-0.3, -0.25) is 4.79 Å². The quantitative estimate of drug-likeness (QED) is 0.746. The monoisotopic (exact) mass is 350 g/mol. The van der Waals surface area contributed by atoms with E-state index in [1.807, 2.05) is 56.3 Å². The maximum absolute atomic E-state index is 12.6. The van der Waals surface area contributed by atoms with Crippen LogP contribution in [0.3, 0.4) is 0 Å². The fraction of sp³-hybridized carbons (Fsp3) is 0.286. The average molecular weight is 350 g/mol. The van der Waals surface area contributed by atoms with Crippen LogP contribution >= 0.6 is 0 Å². The molecule has 1 amide bonds. The molecule has 0 fully saturated rings. The first-order chi connectivity index (χ1) is 12.6. The lowest BCUT2D eigenvalue weighted by molar-refractivity contribution is 0.0935. The molecule has 134 valence electrons. The number of nitrogens with one attached hydrogen (secondary N) is 2. The first-order valence-corrected chi connectivity index (χ1v) is 8.90. The zero-order valence-corrected chi connectivity index (χ0v) is 15.0. The third-order valence-corrected chi connectivity index (χ3v) is 4.64. The molecule has 2 N–H and O–H groups in total. The lowest BCUT2D eigenvalue weighted by atomic mass is 10.1. The Kier molecular flexibility index (Phi) is 4.29. The molecule has 26 heavy (non-hydrogen) atoms. The summed E-state index contributed by atoms with van der Waals surface area (Å²) in [6, 6.07) is 13.7. The number of aromatic amines is 1. The van der Waals surface area contributed by atoms with Gasteiger partial charge in [-0.15, -0.1) is 0 Å². The molecule has 5 heteroatoms. The summed E-state index contributed by atoms with van der Waals surface area (Å²) in [7, 11) is 0. The van der Waals surface area contributed by atoms with Gasteiger partial charge in [-0.1, -0.05) is 18.2 Å². The Morgan fingerprint density at radius 1 is 1.08 bits per heavy atom. The van der Waals surface area contributed by atoms with Crippen molar-refractivity contribution in [1.29, 1.82) is 0 Å². The molecule has 0 saturated carbocycles. The number of benzene rings is 2. The molecular formula is C21H22N2O3. The number of hydrogen-bond donors (Lipinski definition) is 2. The van der Waals surface area contributed by atoms with Gasteiger partial charge >= 0.3 is 0 Å². The summed E-state index contributed by atoms with van der Waals surface area (Å²) < 4.78 is 11.4. The molecule has 2 heterocycles. The zero-order valence-electron chi connectivity index (χ0n) is 15.0. The summed E-state index contributed by atoms with van der Waals surface area (Å²) in [4.78, 5) is 15.8. The van der Waals surface area contributed by atoms with Crippen LogP contribution in [-0.4, -0.2) is 24.1 Å². The normalized spacial score (nSPS) is 14.7. The molecule has 1 atom stereocenters. The number of aromatic nitrogens is 1. The van der Waals surface area contributed by atoms with Crippen LogP contribution in [0, 0.1) is 6.92 Å². The van der Waals surface area contributed by atoms with Crippen molar-refractivity contribution in [3.63, 3.8) is 0 Å². The Labute approximate surface area is 152 Å². The van der Waals surface area contributed by atoms with Crippen LogP contribution in [-0.2, 0) is 0 Å². The number of aryl methyl sites for hydroxylation is 1. The summed E-state index contributed by atoms with van der Waals surface area (Å²) in [6.07, 6.45) is 0.871. The highest BCUT2D eigenvalue weighted by Crippen LogP contribution is 2.32. The van der Waals surface area contributed by atoms with Gasteiger partial charge in [0.1, 0.15) is 5.69 Å². The van der Waals surface area contributed by atoms with E-state index < -0.39 is 0 Å². The van der Waals surface area contributed by atoms with Crippen molar-refractivity contribution in [2.75, 3.05) is 13.2 Å². The van der Waals surface area contributed by atoms with E-state index >= 15 is 0 Å². The van der Waals surface area contributed by atoms with Crippen LogP contribution < -0.4 is 14.8 Å². The van der Waals surface area contributed by atoms with E-state index in [1.54, 1.807) is 0 Å². The van der Waals surface area contributed by atoms with Crippen LogP contribution in [0.4, 0.5) is 0 Å². The van der Waals surface area contributed by atoms with Crippen molar-refractivity contribution in [1.82, 2.24) is 10.3 Å². The Hall–Kier alpha value is -2.95. The molecule has 0 aliphatic carbocycles. The van der Waals surface area contributed by atoms with Gasteiger partial charge in [-0.2, -0.15) is 0 Å². The molecule has 2 aromatic carbocycles. The number of carbonyl (C=O) groups is 1. The molecule has 0 bridgehead atoms. The summed E-state index contributed by atoms with van der Waals surface area (Å²) in [5, 5.41) is 4.08. The van der Waals surface area contributed by atoms with Gasteiger partial charge in [0.15, 0.2) is 11.5 Å². The van der Waals surface area contributed by atoms with Crippen LogP contribution in [0.5, 0.6) is 11.5 Å². The summed E-state index contributed by atoms with van der Waals surface area (Å²) in [5.74, 6) is 1.37. The third kappa shape index (κ3) is 3.25. The second-order valence-electron chi connectivity index (χ2n) is 6.73. The van der Waals surface area contributed by atoms with Crippen LogP contribution in [0.2, 0.25) is 0 Å². The van der Waals surface area contributed by atoms with Crippen molar-refractivity contribution in [3.05, 3.63) is 59.3 Å². The molecular weight excluding hydrogens is 328 g/mol. The predicted octanol–water partition coefficient (Wildman–Crippen LogP) is 4.13. The van der Waals surface area contributed by atoms with Gasteiger partial charge in [0, 0.05) is 17.3 Å². The highest BCUT2D eigenvalue weighted by Gasteiger charge is 2.17. The van der Waals surface area contributed by atoms with Crippen molar-refractivity contribution in [2.45, 2.75) is 26.3 Å². The maximum Gasteiger partial charge on any atom is 0.268 e. The molecule has 4 rings (SSSR count). The van der Waals surface area contributed by atoms with E-state index in [9.17, 15) is 4.79 Å². The van der Waals surface area contributed by atoms with Crippen LogP contribution in [0.15, 0.2) is 42.5 Å². The second kappa shape index (κ2) is 6.75. The fourth-order valence-corrected chi connectivity index (χ4v) is 3.17. The first-order valence-electron chi connectivity index (χ1n) is 8.90. The number of carbonyl (C=O) groups excluding carboxylic acids is 1. The molecule has 1 aliphatic rings. The van der Waals surface area contributed by atoms with Gasteiger partial charge < -0.3 is 19.8 Å². The molecule has 1 aliphatic heterocycles. The molecule has 0 spiro atoms. The number of H-pyrrole nitrogens is 1. The van der Waals surface area contributed by atoms with Crippen molar-refractivity contribution >= 4 is 16.8 Å². The minimum atomic E-state index is -0.146. The SMILES string of the molecule is Cc1ccc2cc(C(=O)NC(C)c3ccc4c(c3)OCCCO4)[nH]c2c1. The second-order valence-corrected chi connectivity index (χ2v) is 6.73. The maximum atomic E-state index is 12.6. The van der Waals surface area contributed by atoms with Crippen molar-refractivity contribution in [2.24, 2.45) is 0 Å². The van der Waals surface area contributed by atoms with Crippen LogP contribution in [0.25, 0.3) is 10.9 Å². The van der Waals surface area contributed by atoms with E-state index in [4.69, 9.17) is 9.47 Å². The highest BCUT2D eigenvalue weighted by atomic mass is 16.5. The number of amides is 1. The lowest BCUT2D eigenvalue weighted by Gasteiger charge is -2.16. The largest absolute Gasteiger partial charge is 0.490 e. The molecule has 1 unspecified atom stereocenters. The number of rotatable bonds is 3. The van der Waals surface area contributed by atoms with Crippen LogP contribution in [0.1, 0.15) is 41.0 Å². The van der Waals surface area contributed by atoms with E-state index in [1.165, 1.54) is 0 Å². The summed E-state index contributed by atoms with van der Waals surface area (Å²) in [6.45, 7) is 5.31. The molecule has 5 nitrogen and oxygen atoms in total. The molecule has 3 aromatic rings. The molecule has 1 aromatic heterocycles. The van der Waals surface area contributed by atoms with Crippen molar-refractivity contribution in [3.8, 4) is 11.5 Å². The minimum Gasteiger partial charge on any atom is -0.490 e. The highest BCUT2D eigenvalue weighted by molar-refractivity contribution is 5.98. The predicted molar refractivity (Wildman–Crippen MR) is 101 cm³/mol. The first kappa shape index (κ1) is 16.5. The molecule has 0 radical (unpaired) electrons. The van der Waals surface area contributed by atoms with E-state index in [2.05, 4.69) is 10.3 Å². The molecule has 0 saturated heterocycles. The Balaban J connectivity index is 1.52. The Bertz CT molecular complexity index is 961. The van der Waals surface area contributed by atoms with E-state index in [-0.39, 0.29) is 11.9 Å². The topological polar surface area (TPSA) is 63.4 Å². The van der Waals surface area contributed by atoms with Crippen molar-refractivity contribution < 1.29 is 14.3 Å². The Morgan fingerprint density at radius 2 is 1.88 bits per heavy atom. The van der Waals surface area contributed by atoms with Gasteiger partial charge in [-0.25, -0.2) is 0 Å². The number of ether oxygens (including phenoxy) is 2. The van der Waals surface area contributed by atoms with Gasteiger partial charge in [-0.05, 0) is 49.2 Å². The number of fused-ring (bicyclic) bond motifs is 2. The fourth-order valence-electron chi connectivity index (χ4n) is 3.17. The Morgan fingerprint density at radius 3 is 2.73 bits per heavy atom. The standard InChI is InChI=1S/C21H22N2O3/c1-13-4-5-16-11-18(23-17(16)10-13)21(24)22-14(2)15-6-7-19-20(12-15)26-9-3-8-25-19/h4-7,10-12,14,23H,3,8-9H2,1-2H3,(H,22,24). The lowest BCUT2D eigenvalue weighted by Crippen LogP contribution is -2.26. The van der Waals surface area contributed by atoms with E-state index in [0.29, 0.717) is 18.9 Å². The number of hydrogen-bond acceptors (Lipinski definition) is 3. The van der Waals surface area contributed by atoms with Gasteiger partial charge in [0.2, 0.25) is 0 Å².